The molecular weight excluding hydrogens is 975 g/mol. The van der Waals surface area contributed by atoms with Crippen LogP contribution in [0.1, 0.15) is 143 Å². The van der Waals surface area contributed by atoms with Gasteiger partial charge in [0.1, 0.15) is 35.0 Å². The van der Waals surface area contributed by atoms with E-state index in [1.807, 2.05) is 64.4 Å². The minimum Gasteiger partial charge on any atom is -0.497 e. The van der Waals surface area contributed by atoms with Gasteiger partial charge in [-0.1, -0.05) is 96.2 Å². The summed E-state index contributed by atoms with van der Waals surface area (Å²) in [6.07, 6.45) is 6.77. The zero-order valence-corrected chi connectivity index (χ0v) is 45.7. The number of methoxy groups -OCH3 is 2. The molecule has 0 spiro atoms. The summed E-state index contributed by atoms with van der Waals surface area (Å²) in [7, 11) is 3.10. The summed E-state index contributed by atoms with van der Waals surface area (Å²) in [5.74, 6) is -0.268. The second-order valence-corrected chi connectivity index (χ2v) is 21.0. The normalized spacial score (nSPS) is 15.2. The van der Waals surface area contributed by atoms with Gasteiger partial charge in [0.2, 0.25) is 17.7 Å². The molecule has 0 aliphatic carbocycles. The fourth-order valence-electron chi connectivity index (χ4n) is 9.07. The van der Waals surface area contributed by atoms with Crippen LogP contribution in [0.2, 0.25) is 0 Å². The molecule has 1 aliphatic rings. The van der Waals surface area contributed by atoms with Crippen LogP contribution >= 0.6 is 11.3 Å². The number of hydrogen-bond donors (Lipinski definition) is 5. The number of likely N-dealkylation sites (tertiary alicyclic amines) is 1. The van der Waals surface area contributed by atoms with Crippen molar-refractivity contribution in [3.63, 3.8) is 0 Å². The molecule has 2 aromatic heterocycles. The molecule has 3 aromatic carbocycles. The van der Waals surface area contributed by atoms with Crippen LogP contribution in [0, 0.1) is 19.3 Å². The molecule has 0 saturated carbocycles. The molecular formula is C56H75N9O9S. The lowest BCUT2D eigenvalue weighted by Gasteiger charge is -2.35. The summed E-state index contributed by atoms with van der Waals surface area (Å²) in [4.78, 5) is 75.0. The quantitative estimate of drug-likeness (QED) is 0.0329. The van der Waals surface area contributed by atoms with Crippen LogP contribution in [0.25, 0.3) is 16.1 Å². The molecule has 19 heteroatoms. The lowest BCUT2D eigenvalue weighted by molar-refractivity contribution is -0.144. The number of anilines is 1. The average molecular weight is 1050 g/mol. The van der Waals surface area contributed by atoms with E-state index in [4.69, 9.17) is 14.2 Å². The second-order valence-electron chi connectivity index (χ2n) is 20.1. The summed E-state index contributed by atoms with van der Waals surface area (Å²) in [6, 6.07) is 16.4. The van der Waals surface area contributed by atoms with Crippen LogP contribution in [0.3, 0.4) is 0 Å². The lowest BCUT2D eigenvalue weighted by atomic mass is 9.85. The number of β-amino-alcohol motifs (C(OH)–C–C–N with tert-alkyl or cyclic N) is 1. The van der Waals surface area contributed by atoms with Gasteiger partial charge in [0, 0.05) is 44.1 Å². The van der Waals surface area contributed by atoms with Gasteiger partial charge in [-0.15, -0.1) is 16.4 Å². The fourth-order valence-corrected chi connectivity index (χ4v) is 9.88. The molecule has 1 saturated heterocycles. The number of thiazole rings is 1. The largest absolute Gasteiger partial charge is 0.497 e. The highest BCUT2D eigenvalue weighted by molar-refractivity contribution is 7.13. The SMILES string of the molecule is CCC[C@H](CC)Oc1ccc(C(=O)NCCCCCCCCC(=O)N[C@H](C(=O)N2C[C@H](O)C[C@H]2C(=O)NCc2ccc(-c3scnc3C)cc2)C(C)(C)C)cc1NC(=O)c1nnn(-c2cc(OC)ccc2OC)c1C. The summed E-state index contributed by atoms with van der Waals surface area (Å²) in [6.45, 7) is 14.2. The molecule has 1 aliphatic heterocycles. The van der Waals surface area contributed by atoms with Crippen LogP contribution in [-0.4, -0.2) is 111 Å². The van der Waals surface area contributed by atoms with Crippen LogP contribution in [0.15, 0.2) is 66.2 Å². The highest BCUT2D eigenvalue weighted by atomic mass is 32.1. The van der Waals surface area contributed by atoms with Gasteiger partial charge < -0.3 is 45.5 Å². The van der Waals surface area contributed by atoms with Crippen LogP contribution < -0.4 is 35.5 Å². The summed E-state index contributed by atoms with van der Waals surface area (Å²) in [5, 5.41) is 30.9. The summed E-state index contributed by atoms with van der Waals surface area (Å²) < 4.78 is 18.8. The summed E-state index contributed by atoms with van der Waals surface area (Å²) >= 11 is 1.57. The molecule has 75 heavy (non-hydrogen) atoms. The number of unbranched alkanes of at least 4 members (excludes halogenated alkanes) is 5. The molecule has 1 fully saturated rings. The van der Waals surface area contributed by atoms with Gasteiger partial charge in [-0.25, -0.2) is 9.67 Å². The Labute approximate surface area is 444 Å². The van der Waals surface area contributed by atoms with Crippen molar-refractivity contribution in [2.24, 2.45) is 5.41 Å². The molecule has 404 valence electrons. The Hall–Kier alpha value is -6.86. The van der Waals surface area contributed by atoms with Crippen molar-refractivity contribution in [2.45, 2.75) is 150 Å². The number of ether oxygens (including phenoxy) is 3. The molecule has 6 rings (SSSR count). The third-order valence-corrected chi connectivity index (χ3v) is 14.4. The molecule has 5 N–H and O–H groups in total. The van der Waals surface area contributed by atoms with Gasteiger partial charge >= 0.3 is 0 Å². The minimum atomic E-state index is -0.895. The van der Waals surface area contributed by atoms with Crippen molar-refractivity contribution in [2.75, 3.05) is 32.6 Å². The van der Waals surface area contributed by atoms with Crippen molar-refractivity contribution in [1.29, 1.82) is 0 Å². The molecule has 0 unspecified atom stereocenters. The maximum absolute atomic E-state index is 14.1. The second kappa shape index (κ2) is 27.1. The molecule has 3 heterocycles. The van der Waals surface area contributed by atoms with E-state index in [1.54, 1.807) is 68.9 Å². The number of benzene rings is 3. The molecule has 4 atom stereocenters. The Kier molecular flexibility index (Phi) is 20.7. The van der Waals surface area contributed by atoms with Gasteiger partial charge in [-0.05, 0) is 86.4 Å². The molecule has 5 aromatic rings. The van der Waals surface area contributed by atoms with Gasteiger partial charge in [0.05, 0.1) is 53.9 Å². The topological polar surface area (TPSA) is 228 Å². The monoisotopic (exact) mass is 1050 g/mol. The van der Waals surface area contributed by atoms with Crippen molar-refractivity contribution >= 4 is 46.6 Å². The van der Waals surface area contributed by atoms with Gasteiger partial charge in [-0.2, -0.15) is 0 Å². The Balaban J connectivity index is 0.943. The van der Waals surface area contributed by atoms with Crippen LogP contribution in [-0.2, 0) is 20.9 Å². The maximum atomic E-state index is 14.1. The minimum absolute atomic E-state index is 0.00437. The smallest absolute Gasteiger partial charge is 0.278 e. The van der Waals surface area contributed by atoms with E-state index < -0.39 is 35.4 Å². The fraction of sp³-hybridized carbons (Fsp3) is 0.500. The highest BCUT2D eigenvalue weighted by Crippen LogP contribution is 2.32. The first-order chi connectivity index (χ1) is 35.9. The molecule has 5 amide bonds. The first-order valence-corrected chi connectivity index (χ1v) is 26.9. The third kappa shape index (κ3) is 15.4. The number of amides is 5. The zero-order chi connectivity index (χ0) is 54.2. The number of aromatic nitrogens is 4. The number of carbonyl (C=O) groups is 5. The van der Waals surface area contributed by atoms with Crippen molar-refractivity contribution in [3.8, 4) is 33.4 Å². The summed E-state index contributed by atoms with van der Waals surface area (Å²) in [5.41, 5.74) is 5.86. The van der Waals surface area contributed by atoms with Crippen molar-refractivity contribution in [1.82, 2.24) is 40.8 Å². The Bertz CT molecular complexity index is 2730. The number of aliphatic hydroxyl groups is 1. The van der Waals surface area contributed by atoms with E-state index in [9.17, 15) is 29.1 Å². The maximum Gasteiger partial charge on any atom is 0.278 e. The van der Waals surface area contributed by atoms with E-state index in [0.717, 1.165) is 73.1 Å². The van der Waals surface area contributed by atoms with Crippen LogP contribution in [0.4, 0.5) is 5.69 Å². The Morgan fingerprint density at radius 3 is 2.25 bits per heavy atom. The number of carbonyl (C=O) groups excluding carboxylic acids is 5. The lowest BCUT2D eigenvalue weighted by Crippen LogP contribution is -2.57. The number of hydrogen-bond acceptors (Lipinski definition) is 13. The molecule has 0 radical (unpaired) electrons. The number of nitrogens with one attached hydrogen (secondary N) is 4. The third-order valence-electron chi connectivity index (χ3n) is 13.4. The number of aryl methyl sites for hydroxylation is 1. The zero-order valence-electron chi connectivity index (χ0n) is 44.9. The van der Waals surface area contributed by atoms with E-state index in [2.05, 4.69) is 43.5 Å². The van der Waals surface area contributed by atoms with Gasteiger partial charge in [-0.3, -0.25) is 24.0 Å². The number of aliphatic hydroxyl groups excluding tert-OH is 1. The molecule has 18 nitrogen and oxygen atoms in total. The predicted molar refractivity (Wildman–Crippen MR) is 290 cm³/mol. The van der Waals surface area contributed by atoms with E-state index in [-0.39, 0.29) is 55.5 Å². The first-order valence-electron chi connectivity index (χ1n) is 26.1. The standard InChI is InChI=1S/C56H75N9O9S/c1-10-18-41(11-2)74-46-26-24-39(29-43(46)60-54(70)49-36(4)65(63-62-49)44-31-42(72-8)25-27-47(44)73-9)52(68)57-28-17-15-13-12-14-16-19-48(67)61-51(56(5,6)7)55(71)64-33-40(66)30-45(64)53(69)58-32-37-20-22-38(23-21-37)50-35(3)59-34-75-50/h20-27,29,31,34,40-41,45,51,66H,10-19,28,30,32-33H2,1-9H3,(H,57,68)(H,58,69)(H,60,70)(H,61,67)/t40-,41+,45+,51-/m1/s1. The first kappa shape index (κ1) is 57.4. The Morgan fingerprint density at radius 2 is 1.59 bits per heavy atom. The van der Waals surface area contributed by atoms with Crippen molar-refractivity contribution in [3.05, 3.63) is 94.4 Å². The van der Waals surface area contributed by atoms with E-state index in [0.29, 0.717) is 52.8 Å². The van der Waals surface area contributed by atoms with Crippen LogP contribution in [0.5, 0.6) is 17.2 Å². The molecule has 0 bridgehead atoms. The number of rotatable bonds is 26. The van der Waals surface area contributed by atoms with Crippen molar-refractivity contribution < 1.29 is 43.3 Å². The van der Waals surface area contributed by atoms with E-state index in [1.165, 1.54) is 9.58 Å². The van der Waals surface area contributed by atoms with E-state index >= 15 is 0 Å². The van der Waals surface area contributed by atoms with Gasteiger partial charge in [0.25, 0.3) is 11.8 Å². The Morgan fingerprint density at radius 1 is 0.867 bits per heavy atom. The average Bonchev–Trinajstić information content (AvgIpc) is 4.13. The van der Waals surface area contributed by atoms with Gasteiger partial charge in [0.15, 0.2) is 5.69 Å². The highest BCUT2D eigenvalue weighted by Gasteiger charge is 2.44. The number of nitrogens with zero attached hydrogens (tertiary/aromatic N) is 5. The predicted octanol–water partition coefficient (Wildman–Crippen LogP) is 8.50.